The molecular formula is C11H14FNO4. The molecule has 0 radical (unpaired) electrons. The largest absolute Gasteiger partial charge is 0.465 e. The average Bonchev–Trinajstić information content (AvgIpc) is 2.35. The highest BCUT2D eigenvalue weighted by atomic mass is 19.1. The fourth-order valence-electron chi connectivity index (χ4n) is 1.46. The van der Waals surface area contributed by atoms with Crippen LogP contribution in [0, 0.1) is 0 Å². The van der Waals surface area contributed by atoms with Crippen molar-refractivity contribution in [3.63, 3.8) is 0 Å². The molecule has 1 aromatic carbocycles. The molecule has 0 bridgehead atoms. The average molecular weight is 243 g/mol. The van der Waals surface area contributed by atoms with Crippen molar-refractivity contribution < 1.29 is 24.5 Å². The summed E-state index contributed by atoms with van der Waals surface area (Å²) >= 11 is 0. The molecule has 0 spiro atoms. The number of hydrogen-bond acceptors (Lipinski definition) is 3. The molecule has 17 heavy (non-hydrogen) atoms. The molecule has 0 fully saturated rings. The van der Waals surface area contributed by atoms with E-state index in [-0.39, 0.29) is 5.56 Å². The molecule has 1 unspecified atom stereocenters. The highest BCUT2D eigenvalue weighted by Crippen LogP contribution is 2.23. The van der Waals surface area contributed by atoms with Gasteiger partial charge in [-0.25, -0.2) is 9.18 Å². The molecule has 6 heteroatoms. The molecule has 94 valence electrons. The van der Waals surface area contributed by atoms with Crippen molar-refractivity contribution in [2.24, 2.45) is 0 Å². The van der Waals surface area contributed by atoms with Gasteiger partial charge >= 0.3 is 6.09 Å². The van der Waals surface area contributed by atoms with E-state index >= 15 is 0 Å². The minimum Gasteiger partial charge on any atom is -0.465 e. The third-order valence-corrected chi connectivity index (χ3v) is 2.33. The van der Waals surface area contributed by atoms with E-state index in [0.29, 0.717) is 0 Å². The van der Waals surface area contributed by atoms with Gasteiger partial charge in [-0.05, 0) is 5.56 Å². The third-order valence-electron chi connectivity index (χ3n) is 2.33. The van der Waals surface area contributed by atoms with Crippen LogP contribution in [0.2, 0.25) is 0 Å². The number of amides is 1. The van der Waals surface area contributed by atoms with Crippen LogP contribution >= 0.6 is 0 Å². The Balaban J connectivity index is 2.86. The second kappa shape index (κ2) is 6.17. The van der Waals surface area contributed by atoms with E-state index in [9.17, 15) is 14.3 Å². The fourth-order valence-corrected chi connectivity index (χ4v) is 1.46. The van der Waals surface area contributed by atoms with Gasteiger partial charge in [-0.1, -0.05) is 30.3 Å². The molecule has 0 aliphatic rings. The quantitative estimate of drug-likeness (QED) is 0.612. The van der Waals surface area contributed by atoms with Crippen molar-refractivity contribution in [3.05, 3.63) is 35.9 Å². The number of nitrogens with one attached hydrogen (secondary N) is 1. The van der Waals surface area contributed by atoms with E-state index in [1.807, 2.05) is 5.32 Å². The second-order valence-electron chi connectivity index (χ2n) is 3.54. The first-order valence-corrected chi connectivity index (χ1v) is 5.03. The van der Waals surface area contributed by atoms with Gasteiger partial charge in [-0.3, -0.25) is 0 Å². The number of carboxylic acid groups (broad SMARTS) is 1. The Kier molecular flexibility index (Phi) is 4.86. The van der Waals surface area contributed by atoms with Crippen LogP contribution in [0.4, 0.5) is 9.18 Å². The van der Waals surface area contributed by atoms with Crippen LogP contribution in [0.3, 0.4) is 0 Å². The Morgan fingerprint density at radius 1 is 1.35 bits per heavy atom. The number of aliphatic hydroxyl groups is 2. The first-order valence-electron chi connectivity index (χ1n) is 5.03. The lowest BCUT2D eigenvalue weighted by atomic mass is 9.99. The molecule has 1 aromatic rings. The van der Waals surface area contributed by atoms with Crippen molar-refractivity contribution in [2.75, 3.05) is 6.61 Å². The van der Waals surface area contributed by atoms with Gasteiger partial charge in [0.2, 0.25) is 0 Å². The summed E-state index contributed by atoms with van der Waals surface area (Å²) in [4.78, 5) is 10.5. The molecule has 0 heterocycles. The molecule has 0 aliphatic heterocycles. The number of benzene rings is 1. The van der Waals surface area contributed by atoms with Crippen molar-refractivity contribution in [3.8, 4) is 0 Å². The molecule has 4 N–H and O–H groups in total. The number of halogens is 1. The van der Waals surface area contributed by atoms with Gasteiger partial charge < -0.3 is 20.6 Å². The van der Waals surface area contributed by atoms with Gasteiger partial charge in [0.05, 0.1) is 12.6 Å². The SMILES string of the molecule is O=C(O)N[C@H](C(O)CO)[C@H](F)c1ccccc1. The summed E-state index contributed by atoms with van der Waals surface area (Å²) in [7, 11) is 0. The maximum absolute atomic E-state index is 14.0. The van der Waals surface area contributed by atoms with Gasteiger partial charge in [0, 0.05) is 0 Å². The monoisotopic (exact) mass is 243 g/mol. The molecule has 0 saturated heterocycles. The summed E-state index contributed by atoms with van der Waals surface area (Å²) in [6.45, 7) is -0.724. The maximum atomic E-state index is 14.0. The van der Waals surface area contributed by atoms with Crippen LogP contribution in [0.1, 0.15) is 11.7 Å². The van der Waals surface area contributed by atoms with E-state index in [1.165, 1.54) is 12.1 Å². The lowest BCUT2D eigenvalue weighted by Gasteiger charge is -2.24. The third kappa shape index (κ3) is 3.69. The Bertz CT molecular complexity index is 360. The number of aliphatic hydroxyl groups excluding tert-OH is 2. The number of carbonyl (C=O) groups is 1. The molecule has 5 nitrogen and oxygen atoms in total. The summed E-state index contributed by atoms with van der Waals surface area (Å²) < 4.78 is 14.0. The Morgan fingerprint density at radius 3 is 2.41 bits per heavy atom. The van der Waals surface area contributed by atoms with Crippen molar-refractivity contribution in [2.45, 2.75) is 18.3 Å². The van der Waals surface area contributed by atoms with Crippen LogP contribution in [0.5, 0.6) is 0 Å². The highest BCUT2D eigenvalue weighted by Gasteiger charge is 2.30. The smallest absolute Gasteiger partial charge is 0.405 e. The Labute approximate surface area is 97.5 Å². The number of hydrogen-bond donors (Lipinski definition) is 4. The molecule has 1 rings (SSSR count). The minimum absolute atomic E-state index is 0.235. The van der Waals surface area contributed by atoms with Gasteiger partial charge in [0.1, 0.15) is 12.3 Å². The molecule has 0 aromatic heterocycles. The van der Waals surface area contributed by atoms with Crippen LogP contribution < -0.4 is 5.32 Å². The molecule has 0 saturated carbocycles. The van der Waals surface area contributed by atoms with E-state index in [2.05, 4.69) is 0 Å². The summed E-state index contributed by atoms with van der Waals surface area (Å²) in [6, 6.07) is 6.45. The zero-order chi connectivity index (χ0) is 12.8. The molecule has 1 amide bonds. The Hall–Kier alpha value is -1.66. The van der Waals surface area contributed by atoms with Gasteiger partial charge in [-0.15, -0.1) is 0 Å². The lowest BCUT2D eigenvalue weighted by Crippen LogP contribution is -2.47. The summed E-state index contributed by atoms with van der Waals surface area (Å²) in [5.41, 5.74) is 0.235. The van der Waals surface area contributed by atoms with Crippen molar-refractivity contribution in [1.82, 2.24) is 5.32 Å². The zero-order valence-electron chi connectivity index (χ0n) is 8.95. The van der Waals surface area contributed by atoms with Crippen molar-refractivity contribution in [1.29, 1.82) is 0 Å². The van der Waals surface area contributed by atoms with Gasteiger partial charge in [0.15, 0.2) is 0 Å². The summed E-state index contributed by atoms with van der Waals surface area (Å²) in [5.74, 6) is 0. The highest BCUT2D eigenvalue weighted by molar-refractivity contribution is 5.65. The standard InChI is InChI=1S/C11H14FNO4/c12-9(7-4-2-1-3-5-7)10(8(15)6-14)13-11(16)17/h1-5,8-10,13-15H,6H2,(H,16,17)/t8?,9-,10-/m1/s1. The lowest BCUT2D eigenvalue weighted by molar-refractivity contribution is 0.0334. The van der Waals surface area contributed by atoms with Crippen LogP contribution in [-0.4, -0.2) is 40.2 Å². The van der Waals surface area contributed by atoms with E-state index in [0.717, 1.165) is 0 Å². The minimum atomic E-state index is -1.73. The topological polar surface area (TPSA) is 89.8 Å². The predicted octanol–water partition coefficient (Wildman–Crippen LogP) is 0.687. The Morgan fingerprint density at radius 2 is 1.94 bits per heavy atom. The number of rotatable bonds is 5. The molecular weight excluding hydrogens is 229 g/mol. The van der Waals surface area contributed by atoms with E-state index in [1.54, 1.807) is 18.2 Å². The predicted molar refractivity (Wildman–Crippen MR) is 58.3 cm³/mol. The van der Waals surface area contributed by atoms with Gasteiger partial charge in [-0.2, -0.15) is 0 Å². The second-order valence-corrected chi connectivity index (χ2v) is 3.54. The van der Waals surface area contributed by atoms with E-state index < -0.39 is 31.0 Å². The first-order chi connectivity index (χ1) is 8.06. The maximum Gasteiger partial charge on any atom is 0.405 e. The van der Waals surface area contributed by atoms with Gasteiger partial charge in [0.25, 0.3) is 0 Å². The zero-order valence-corrected chi connectivity index (χ0v) is 8.95. The number of alkyl halides is 1. The normalized spacial score (nSPS) is 15.9. The van der Waals surface area contributed by atoms with Crippen molar-refractivity contribution >= 4 is 6.09 Å². The summed E-state index contributed by atoms with van der Waals surface area (Å²) in [5, 5.41) is 28.6. The van der Waals surface area contributed by atoms with Crippen LogP contribution in [0.15, 0.2) is 30.3 Å². The fraction of sp³-hybridized carbons (Fsp3) is 0.364. The molecule has 3 atom stereocenters. The molecule has 0 aliphatic carbocycles. The van der Waals surface area contributed by atoms with Crippen LogP contribution in [-0.2, 0) is 0 Å². The van der Waals surface area contributed by atoms with E-state index in [4.69, 9.17) is 10.2 Å². The van der Waals surface area contributed by atoms with Crippen LogP contribution in [0.25, 0.3) is 0 Å². The summed E-state index contributed by atoms with van der Waals surface area (Å²) in [6.07, 6.45) is -4.68. The first kappa shape index (κ1) is 13.4.